The molecule has 0 atom stereocenters. The number of nitrogens with zero attached hydrogens (tertiary/aromatic N) is 3. The fraction of sp³-hybridized carbons (Fsp3) is 0. The number of hydrogen-bond donors (Lipinski definition) is 0. The first-order chi connectivity index (χ1) is 31.2. The third kappa shape index (κ3) is 5.60. The molecule has 13 aromatic rings. The average Bonchev–Trinajstić information content (AvgIpc) is 3.99. The van der Waals surface area contributed by atoms with E-state index in [1.165, 1.54) is 98.8 Å². The van der Waals surface area contributed by atoms with Gasteiger partial charge in [0.2, 0.25) is 0 Å². The Morgan fingerprint density at radius 1 is 0.175 bits per heavy atom. The van der Waals surface area contributed by atoms with Crippen LogP contribution in [-0.4, -0.2) is 13.7 Å². The zero-order valence-corrected chi connectivity index (χ0v) is 34.4. The van der Waals surface area contributed by atoms with Crippen LogP contribution < -0.4 is 0 Å². The number of fused-ring (bicyclic) bond motifs is 9. The van der Waals surface area contributed by atoms with Crippen molar-refractivity contribution in [2.45, 2.75) is 0 Å². The molecular formula is C60H39N3. The highest BCUT2D eigenvalue weighted by molar-refractivity contribution is 6.14. The van der Waals surface area contributed by atoms with Crippen LogP contribution in [0.1, 0.15) is 0 Å². The van der Waals surface area contributed by atoms with Gasteiger partial charge in [0.05, 0.1) is 33.1 Å². The molecule has 0 N–H and O–H groups in total. The molecule has 0 amide bonds. The van der Waals surface area contributed by atoms with Crippen molar-refractivity contribution in [3.8, 4) is 50.4 Å². The average molecular weight is 802 g/mol. The second-order valence-corrected chi connectivity index (χ2v) is 16.6. The van der Waals surface area contributed by atoms with Gasteiger partial charge in [-0.15, -0.1) is 0 Å². The van der Waals surface area contributed by atoms with Gasteiger partial charge in [-0.2, -0.15) is 0 Å². The third-order valence-corrected chi connectivity index (χ3v) is 13.0. The van der Waals surface area contributed by atoms with Gasteiger partial charge in [0.1, 0.15) is 0 Å². The molecule has 0 aliphatic carbocycles. The molecule has 0 saturated heterocycles. The Balaban J connectivity index is 1.02. The van der Waals surface area contributed by atoms with E-state index >= 15 is 0 Å². The monoisotopic (exact) mass is 801 g/mol. The van der Waals surface area contributed by atoms with Crippen molar-refractivity contribution < 1.29 is 0 Å². The molecule has 63 heavy (non-hydrogen) atoms. The molecule has 294 valence electrons. The van der Waals surface area contributed by atoms with Crippen LogP contribution in [0.4, 0.5) is 0 Å². The van der Waals surface area contributed by atoms with Crippen molar-refractivity contribution in [2.24, 2.45) is 0 Å². The summed E-state index contributed by atoms with van der Waals surface area (Å²) in [6, 6.07) is 86.5. The van der Waals surface area contributed by atoms with E-state index in [1.54, 1.807) is 0 Å². The number of rotatable bonds is 6. The summed E-state index contributed by atoms with van der Waals surface area (Å²) in [6.45, 7) is 0. The second-order valence-electron chi connectivity index (χ2n) is 16.6. The van der Waals surface area contributed by atoms with Crippen LogP contribution in [0.2, 0.25) is 0 Å². The molecule has 10 aromatic carbocycles. The minimum absolute atomic E-state index is 1.14. The Kier molecular flexibility index (Phi) is 7.91. The van der Waals surface area contributed by atoms with E-state index < -0.39 is 0 Å². The predicted octanol–water partition coefficient (Wildman–Crippen LogP) is 16.0. The molecule has 0 fully saturated rings. The van der Waals surface area contributed by atoms with Gasteiger partial charge >= 0.3 is 0 Å². The van der Waals surface area contributed by atoms with E-state index in [2.05, 4.69) is 250 Å². The van der Waals surface area contributed by atoms with Gasteiger partial charge in [-0.3, -0.25) is 0 Å². The van der Waals surface area contributed by atoms with E-state index in [0.29, 0.717) is 0 Å². The molecule has 0 spiro atoms. The molecule has 0 radical (unpaired) electrons. The molecule has 0 unspecified atom stereocenters. The summed E-state index contributed by atoms with van der Waals surface area (Å²) < 4.78 is 7.30. The number of benzene rings is 10. The van der Waals surface area contributed by atoms with Crippen molar-refractivity contribution in [1.82, 2.24) is 13.7 Å². The van der Waals surface area contributed by atoms with Crippen LogP contribution in [0, 0.1) is 0 Å². The maximum Gasteiger partial charge on any atom is 0.0547 e. The van der Waals surface area contributed by atoms with Gasteiger partial charge in [-0.05, 0) is 112 Å². The van der Waals surface area contributed by atoms with E-state index in [9.17, 15) is 0 Å². The summed E-state index contributed by atoms with van der Waals surface area (Å²) in [4.78, 5) is 0. The highest BCUT2D eigenvalue weighted by Gasteiger charge is 2.19. The lowest BCUT2D eigenvalue weighted by Crippen LogP contribution is -1.96. The summed E-state index contributed by atoms with van der Waals surface area (Å²) >= 11 is 0. The Morgan fingerprint density at radius 2 is 0.571 bits per heavy atom. The molecule has 3 heterocycles. The van der Waals surface area contributed by atoms with Crippen molar-refractivity contribution in [2.75, 3.05) is 0 Å². The van der Waals surface area contributed by atoms with Gasteiger partial charge in [0.25, 0.3) is 0 Å². The summed E-state index contributed by atoms with van der Waals surface area (Å²) in [7, 11) is 0. The predicted molar refractivity (Wildman–Crippen MR) is 266 cm³/mol. The first kappa shape index (κ1) is 35.4. The van der Waals surface area contributed by atoms with Crippen LogP contribution >= 0.6 is 0 Å². The molecular weight excluding hydrogens is 763 g/mol. The van der Waals surface area contributed by atoms with Crippen LogP contribution in [0.3, 0.4) is 0 Å². The Morgan fingerprint density at radius 3 is 1.10 bits per heavy atom. The standard InChI is InChI=1S/C60H39N3/c1-4-16-40(17-5-1)44-34-45(41-18-6-2-7-19-41)36-48(35-44)63-56-26-14-11-23-50(56)53-32-29-43(38-60(53)63)42-28-31-52-49-22-10-13-25-55(49)62(59(52)37-42)47-30-33-58-54(39-47)51-24-12-15-27-57(51)61(58)46-20-8-3-9-21-46/h1-39H. The maximum atomic E-state index is 2.46. The van der Waals surface area contributed by atoms with Crippen LogP contribution in [0.15, 0.2) is 237 Å². The van der Waals surface area contributed by atoms with Gasteiger partial charge in [0.15, 0.2) is 0 Å². The largest absolute Gasteiger partial charge is 0.309 e. The fourth-order valence-electron chi connectivity index (χ4n) is 10.1. The highest BCUT2D eigenvalue weighted by Crippen LogP contribution is 2.41. The number of para-hydroxylation sites is 4. The minimum atomic E-state index is 1.14. The van der Waals surface area contributed by atoms with E-state index in [4.69, 9.17) is 0 Å². The van der Waals surface area contributed by atoms with Gasteiger partial charge in [-0.1, -0.05) is 158 Å². The van der Waals surface area contributed by atoms with Gasteiger partial charge < -0.3 is 13.7 Å². The van der Waals surface area contributed by atoms with E-state index in [-0.39, 0.29) is 0 Å². The molecule has 3 heteroatoms. The highest BCUT2D eigenvalue weighted by atomic mass is 15.0. The Bertz CT molecular complexity index is 3830. The molecule has 0 saturated carbocycles. The van der Waals surface area contributed by atoms with Gasteiger partial charge in [-0.25, -0.2) is 0 Å². The Labute approximate surface area is 364 Å². The normalized spacial score (nSPS) is 11.8. The molecule has 0 aliphatic rings. The maximum absolute atomic E-state index is 2.46. The number of hydrogen-bond acceptors (Lipinski definition) is 0. The minimum Gasteiger partial charge on any atom is -0.309 e. The lowest BCUT2D eigenvalue weighted by atomic mass is 9.98. The van der Waals surface area contributed by atoms with Crippen LogP contribution in [0.25, 0.3) is 116 Å². The van der Waals surface area contributed by atoms with Crippen molar-refractivity contribution in [3.63, 3.8) is 0 Å². The first-order valence-electron chi connectivity index (χ1n) is 21.7. The third-order valence-electron chi connectivity index (χ3n) is 13.0. The van der Waals surface area contributed by atoms with Crippen LogP contribution in [-0.2, 0) is 0 Å². The van der Waals surface area contributed by atoms with E-state index in [0.717, 1.165) is 17.1 Å². The lowest BCUT2D eigenvalue weighted by Gasteiger charge is -2.14. The van der Waals surface area contributed by atoms with Crippen molar-refractivity contribution in [1.29, 1.82) is 0 Å². The van der Waals surface area contributed by atoms with E-state index in [1.807, 2.05) is 0 Å². The second kappa shape index (κ2) is 14.1. The SMILES string of the molecule is c1ccc(-c2cc(-c3ccccc3)cc(-n3c4ccccc4c4ccc(-c5ccc6c7ccccc7n(-c7ccc8c(c7)c7ccccc7n8-c7ccccc7)c6c5)cc43)c2)cc1. The molecule has 13 rings (SSSR count). The van der Waals surface area contributed by atoms with Crippen molar-refractivity contribution >= 4 is 65.4 Å². The lowest BCUT2D eigenvalue weighted by molar-refractivity contribution is 1.16. The summed E-state index contributed by atoms with van der Waals surface area (Å²) in [5.41, 5.74) is 17.7. The first-order valence-corrected chi connectivity index (χ1v) is 21.7. The quantitative estimate of drug-likeness (QED) is 0.159. The zero-order chi connectivity index (χ0) is 41.4. The molecule has 0 aliphatic heterocycles. The van der Waals surface area contributed by atoms with Crippen molar-refractivity contribution in [3.05, 3.63) is 237 Å². The van der Waals surface area contributed by atoms with Gasteiger partial charge in [0, 0.05) is 49.4 Å². The molecule has 0 bridgehead atoms. The fourth-order valence-corrected chi connectivity index (χ4v) is 10.1. The summed E-state index contributed by atoms with van der Waals surface area (Å²) in [6.07, 6.45) is 0. The summed E-state index contributed by atoms with van der Waals surface area (Å²) in [5.74, 6) is 0. The summed E-state index contributed by atoms with van der Waals surface area (Å²) in [5, 5.41) is 7.44. The Hall–Kier alpha value is -8.40. The number of aromatic nitrogens is 3. The van der Waals surface area contributed by atoms with Crippen LogP contribution in [0.5, 0.6) is 0 Å². The zero-order valence-electron chi connectivity index (χ0n) is 34.4. The molecule has 3 nitrogen and oxygen atoms in total. The smallest absolute Gasteiger partial charge is 0.0547 e. The molecule has 3 aromatic heterocycles. The topological polar surface area (TPSA) is 14.8 Å².